The minimum Gasteiger partial charge on any atom is -0.299 e. The first-order valence-electron chi connectivity index (χ1n) is 3.05. The molecule has 0 radical (unpaired) electrons. The number of hydrogen-bond donors (Lipinski definition) is 0. The fraction of sp³-hybridized carbons (Fsp3) is 0.833. The molecular formula is C6H8F4O. The van der Waals surface area contributed by atoms with Gasteiger partial charge in [-0.25, -0.2) is 0 Å². The maximum absolute atomic E-state index is 11.7. The molecular weight excluding hydrogens is 164 g/mol. The van der Waals surface area contributed by atoms with Gasteiger partial charge < -0.3 is 0 Å². The highest BCUT2D eigenvalue weighted by molar-refractivity contribution is 5.81. The lowest BCUT2D eigenvalue weighted by Gasteiger charge is -2.12. The second kappa shape index (κ2) is 3.69. The Bertz CT molecular complexity index is 140. The highest BCUT2D eigenvalue weighted by Gasteiger charge is 2.40. The lowest BCUT2D eigenvalue weighted by Crippen LogP contribution is -2.28. The summed E-state index contributed by atoms with van der Waals surface area (Å²) in [7, 11) is 0. The Morgan fingerprint density at radius 2 is 1.91 bits per heavy atom. The maximum Gasteiger partial charge on any atom is 0.398 e. The van der Waals surface area contributed by atoms with Crippen molar-refractivity contribution in [3.63, 3.8) is 0 Å². The summed E-state index contributed by atoms with van der Waals surface area (Å²) in [6, 6.07) is 0. The van der Waals surface area contributed by atoms with Crippen LogP contribution in [0.1, 0.15) is 13.3 Å². The van der Waals surface area contributed by atoms with E-state index in [1.54, 1.807) is 0 Å². The van der Waals surface area contributed by atoms with Crippen molar-refractivity contribution in [2.45, 2.75) is 19.5 Å². The molecule has 0 aromatic carbocycles. The molecule has 11 heavy (non-hydrogen) atoms. The van der Waals surface area contributed by atoms with Crippen LogP contribution in [0.15, 0.2) is 0 Å². The van der Waals surface area contributed by atoms with Crippen molar-refractivity contribution in [3.8, 4) is 0 Å². The summed E-state index contributed by atoms with van der Waals surface area (Å²) in [4.78, 5) is 10.4. The van der Waals surface area contributed by atoms with E-state index in [1.807, 2.05) is 0 Å². The third-order valence-corrected chi connectivity index (χ3v) is 1.31. The first kappa shape index (κ1) is 10.4. The van der Waals surface area contributed by atoms with Gasteiger partial charge >= 0.3 is 6.18 Å². The molecule has 5 heteroatoms. The van der Waals surface area contributed by atoms with Crippen molar-refractivity contribution in [1.29, 1.82) is 0 Å². The Kier molecular flexibility index (Phi) is 3.48. The first-order chi connectivity index (χ1) is 4.89. The Labute approximate surface area is 61.4 Å². The molecule has 1 unspecified atom stereocenters. The lowest BCUT2D eigenvalue weighted by atomic mass is 10.0. The molecule has 0 saturated carbocycles. The van der Waals surface area contributed by atoms with Gasteiger partial charge in [-0.1, -0.05) is 0 Å². The van der Waals surface area contributed by atoms with Crippen LogP contribution in [0.25, 0.3) is 0 Å². The molecule has 0 rings (SSSR count). The predicted molar refractivity (Wildman–Crippen MR) is 30.8 cm³/mol. The summed E-state index contributed by atoms with van der Waals surface area (Å²) in [6.45, 7) is -0.294. The van der Waals surface area contributed by atoms with Gasteiger partial charge in [0.15, 0.2) is 0 Å². The van der Waals surface area contributed by atoms with E-state index in [4.69, 9.17) is 0 Å². The van der Waals surface area contributed by atoms with Crippen molar-refractivity contribution in [2.75, 3.05) is 6.67 Å². The van der Waals surface area contributed by atoms with Gasteiger partial charge in [0.2, 0.25) is 0 Å². The van der Waals surface area contributed by atoms with Crippen LogP contribution in [-0.4, -0.2) is 18.6 Å². The molecule has 0 saturated heterocycles. The van der Waals surface area contributed by atoms with E-state index in [-0.39, 0.29) is 0 Å². The number of Topliss-reactive ketones (excluding diaryl/α,β-unsaturated/α-hetero) is 1. The highest BCUT2D eigenvalue weighted by atomic mass is 19.4. The molecule has 0 spiro atoms. The number of halogens is 4. The molecule has 66 valence electrons. The molecule has 0 fully saturated rings. The second-order valence-electron chi connectivity index (χ2n) is 2.17. The monoisotopic (exact) mass is 172 g/mol. The SMILES string of the molecule is CC(C(=O)CCF)C(F)(F)F. The molecule has 0 heterocycles. The Balaban J connectivity index is 4.03. The smallest absolute Gasteiger partial charge is 0.299 e. The largest absolute Gasteiger partial charge is 0.398 e. The van der Waals surface area contributed by atoms with Crippen molar-refractivity contribution < 1.29 is 22.4 Å². The van der Waals surface area contributed by atoms with Gasteiger partial charge in [-0.05, 0) is 6.92 Å². The van der Waals surface area contributed by atoms with E-state index >= 15 is 0 Å². The normalized spacial score (nSPS) is 14.6. The van der Waals surface area contributed by atoms with Crippen molar-refractivity contribution in [1.82, 2.24) is 0 Å². The molecule has 0 aliphatic heterocycles. The van der Waals surface area contributed by atoms with E-state index in [9.17, 15) is 22.4 Å². The second-order valence-corrected chi connectivity index (χ2v) is 2.17. The van der Waals surface area contributed by atoms with Crippen LogP contribution in [-0.2, 0) is 4.79 Å². The van der Waals surface area contributed by atoms with E-state index in [0.29, 0.717) is 0 Å². The third kappa shape index (κ3) is 3.34. The standard InChI is InChI=1S/C6H8F4O/c1-4(6(8,9)10)5(11)2-3-7/h4H,2-3H2,1H3. The quantitative estimate of drug-likeness (QED) is 0.596. The molecule has 1 atom stereocenters. The van der Waals surface area contributed by atoms with E-state index in [0.717, 1.165) is 6.92 Å². The number of carbonyl (C=O) groups excluding carboxylic acids is 1. The van der Waals surface area contributed by atoms with E-state index in [2.05, 4.69) is 0 Å². The average Bonchev–Trinajstić information content (AvgIpc) is 1.85. The van der Waals surface area contributed by atoms with Gasteiger partial charge in [0.05, 0.1) is 6.67 Å². The van der Waals surface area contributed by atoms with Crippen LogP contribution in [0.5, 0.6) is 0 Å². The molecule has 0 aliphatic rings. The lowest BCUT2D eigenvalue weighted by molar-refractivity contribution is -0.177. The average molecular weight is 172 g/mol. The Hall–Kier alpha value is -0.610. The summed E-state index contributed by atoms with van der Waals surface area (Å²) in [5.74, 6) is -3.14. The minimum absolute atomic E-state index is 0.652. The summed E-state index contributed by atoms with van der Waals surface area (Å²) in [5, 5.41) is 0. The summed E-state index contributed by atoms with van der Waals surface area (Å²) >= 11 is 0. The van der Waals surface area contributed by atoms with Gasteiger partial charge in [-0.2, -0.15) is 13.2 Å². The van der Waals surface area contributed by atoms with Crippen LogP contribution < -0.4 is 0 Å². The van der Waals surface area contributed by atoms with Crippen molar-refractivity contribution in [2.24, 2.45) is 5.92 Å². The highest BCUT2D eigenvalue weighted by Crippen LogP contribution is 2.26. The number of rotatable bonds is 3. The zero-order valence-electron chi connectivity index (χ0n) is 5.91. The molecule has 1 nitrogen and oxygen atoms in total. The van der Waals surface area contributed by atoms with Gasteiger partial charge in [-0.3, -0.25) is 9.18 Å². The van der Waals surface area contributed by atoms with Gasteiger partial charge in [0.25, 0.3) is 0 Å². The molecule has 0 aliphatic carbocycles. The topological polar surface area (TPSA) is 17.1 Å². The van der Waals surface area contributed by atoms with Crippen LogP contribution in [0.4, 0.5) is 17.6 Å². The Morgan fingerprint density at radius 3 is 2.18 bits per heavy atom. The number of carbonyl (C=O) groups is 1. The van der Waals surface area contributed by atoms with E-state index < -0.39 is 31.0 Å². The van der Waals surface area contributed by atoms with Gasteiger partial charge in [0, 0.05) is 6.42 Å². The Morgan fingerprint density at radius 1 is 1.45 bits per heavy atom. The van der Waals surface area contributed by atoms with Crippen LogP contribution >= 0.6 is 0 Å². The number of ketones is 1. The molecule has 0 bridgehead atoms. The number of hydrogen-bond acceptors (Lipinski definition) is 1. The van der Waals surface area contributed by atoms with Crippen molar-refractivity contribution >= 4 is 5.78 Å². The third-order valence-electron chi connectivity index (χ3n) is 1.31. The summed E-state index contributed by atoms with van der Waals surface area (Å²) in [5.41, 5.74) is 0. The molecule has 0 N–H and O–H groups in total. The maximum atomic E-state index is 11.7. The van der Waals surface area contributed by atoms with Crippen molar-refractivity contribution in [3.05, 3.63) is 0 Å². The fourth-order valence-corrected chi connectivity index (χ4v) is 0.492. The first-order valence-corrected chi connectivity index (χ1v) is 3.05. The minimum atomic E-state index is -4.54. The fourth-order valence-electron chi connectivity index (χ4n) is 0.492. The summed E-state index contributed by atoms with van der Waals surface area (Å²) < 4.78 is 46.4. The van der Waals surface area contributed by atoms with Gasteiger partial charge in [0.1, 0.15) is 11.7 Å². The number of alkyl halides is 4. The van der Waals surface area contributed by atoms with Crippen LogP contribution in [0.3, 0.4) is 0 Å². The zero-order valence-corrected chi connectivity index (χ0v) is 5.91. The molecule has 0 amide bonds. The van der Waals surface area contributed by atoms with Crippen LogP contribution in [0, 0.1) is 5.92 Å². The molecule has 0 aromatic heterocycles. The summed E-state index contributed by atoms with van der Waals surface area (Å²) in [6.07, 6.45) is -5.19. The predicted octanol–water partition coefficient (Wildman–Crippen LogP) is 2.11. The zero-order chi connectivity index (χ0) is 9.07. The van der Waals surface area contributed by atoms with Crippen LogP contribution in [0.2, 0.25) is 0 Å². The molecule has 0 aromatic rings. The van der Waals surface area contributed by atoms with E-state index in [1.165, 1.54) is 0 Å². The van der Waals surface area contributed by atoms with Gasteiger partial charge in [-0.15, -0.1) is 0 Å².